The van der Waals surface area contributed by atoms with E-state index in [1.54, 1.807) is 23.8 Å². The number of hydrogen-bond donors (Lipinski definition) is 0. The molecule has 1 saturated heterocycles. The molecule has 1 aliphatic heterocycles. The van der Waals surface area contributed by atoms with Gasteiger partial charge >= 0.3 is 6.09 Å². The highest BCUT2D eigenvalue weighted by Crippen LogP contribution is 2.35. The third-order valence-corrected chi connectivity index (χ3v) is 5.37. The van der Waals surface area contributed by atoms with Gasteiger partial charge in [0.25, 0.3) is 0 Å². The highest BCUT2D eigenvalue weighted by Gasteiger charge is 2.32. The van der Waals surface area contributed by atoms with E-state index in [0.29, 0.717) is 25.2 Å². The molecule has 2 fully saturated rings. The summed E-state index contributed by atoms with van der Waals surface area (Å²) in [4.78, 5) is 13.7. The number of benzene rings is 1. The second-order valence-corrected chi connectivity index (χ2v) is 7.52. The van der Waals surface area contributed by atoms with E-state index in [9.17, 15) is 4.79 Å². The van der Waals surface area contributed by atoms with Gasteiger partial charge in [-0.1, -0.05) is 12.1 Å². The van der Waals surface area contributed by atoms with Crippen molar-refractivity contribution in [3.8, 4) is 0 Å². The fourth-order valence-electron chi connectivity index (χ4n) is 3.66. The fraction of sp³-hybridized carbons (Fsp3) is 0.632. The molecule has 1 aliphatic carbocycles. The van der Waals surface area contributed by atoms with E-state index < -0.39 is 0 Å². The molecule has 6 heteroatoms. The van der Waals surface area contributed by atoms with Gasteiger partial charge in [-0.25, -0.2) is 4.79 Å². The number of ether oxygens (including phenoxy) is 3. The maximum atomic E-state index is 12.0. The average Bonchev–Trinajstić information content (AvgIpc) is 3.01. The molecular weight excluding hydrogens is 338 g/mol. The van der Waals surface area contributed by atoms with Crippen molar-refractivity contribution in [2.24, 2.45) is 0 Å². The van der Waals surface area contributed by atoms with Gasteiger partial charge in [0.05, 0.1) is 25.2 Å². The fourth-order valence-corrected chi connectivity index (χ4v) is 3.99. The van der Waals surface area contributed by atoms with Crippen LogP contribution in [-0.4, -0.2) is 50.8 Å². The average molecular weight is 365 g/mol. The van der Waals surface area contributed by atoms with E-state index in [2.05, 4.69) is 18.4 Å². The summed E-state index contributed by atoms with van der Waals surface area (Å²) in [6.45, 7) is 0.978. The number of carbonyl (C=O) groups is 1. The van der Waals surface area contributed by atoms with E-state index in [4.69, 9.17) is 14.2 Å². The summed E-state index contributed by atoms with van der Waals surface area (Å²) in [7, 11) is 1.62. The Morgan fingerprint density at radius 3 is 2.56 bits per heavy atom. The van der Waals surface area contributed by atoms with Crippen LogP contribution in [0.25, 0.3) is 0 Å². The summed E-state index contributed by atoms with van der Waals surface area (Å²) in [5.74, 6) is 1.38. The van der Waals surface area contributed by atoms with E-state index in [1.807, 2.05) is 12.1 Å². The van der Waals surface area contributed by atoms with Gasteiger partial charge in [0.2, 0.25) is 0 Å². The largest absolute Gasteiger partial charge is 0.441 e. The summed E-state index contributed by atoms with van der Waals surface area (Å²) < 4.78 is 16.2. The Morgan fingerprint density at radius 1 is 1.20 bits per heavy atom. The summed E-state index contributed by atoms with van der Waals surface area (Å²) in [5, 5.41) is 0. The van der Waals surface area contributed by atoms with E-state index in [1.165, 1.54) is 18.4 Å². The van der Waals surface area contributed by atoms with Crippen molar-refractivity contribution in [3.63, 3.8) is 0 Å². The molecule has 1 aromatic rings. The quantitative estimate of drug-likeness (QED) is 0.683. The number of nitrogens with zero attached hydrogens (tertiary/aromatic N) is 1. The van der Waals surface area contributed by atoms with E-state index in [0.717, 1.165) is 24.5 Å². The minimum Gasteiger partial charge on any atom is -0.441 e. The monoisotopic (exact) mass is 365 g/mol. The second-order valence-electron chi connectivity index (χ2n) is 6.71. The molecular formula is C19H27NO4S. The number of cyclic esters (lactones) is 1. The molecule has 0 N–H and O–H groups in total. The molecule has 0 unspecified atom stereocenters. The molecule has 5 nitrogen and oxygen atoms in total. The van der Waals surface area contributed by atoms with Crippen LogP contribution in [0.2, 0.25) is 0 Å². The van der Waals surface area contributed by atoms with Gasteiger partial charge in [-0.3, -0.25) is 4.90 Å². The third kappa shape index (κ3) is 4.68. The number of hydrogen-bond acceptors (Lipinski definition) is 5. The Labute approximate surface area is 154 Å². The predicted molar refractivity (Wildman–Crippen MR) is 100 cm³/mol. The van der Waals surface area contributed by atoms with Crippen LogP contribution in [0.5, 0.6) is 0 Å². The van der Waals surface area contributed by atoms with Gasteiger partial charge < -0.3 is 14.2 Å². The SMILES string of the molecule is COC[C@H]1CN(c2ccc([C@H]3CC[C@H](OCSC)CC3)cc2)C(=O)O1. The first-order chi connectivity index (χ1) is 12.2. The molecule has 0 radical (unpaired) electrons. The Balaban J connectivity index is 1.55. The lowest BCUT2D eigenvalue weighted by Gasteiger charge is -2.29. The van der Waals surface area contributed by atoms with Crippen LogP contribution in [0.1, 0.15) is 37.2 Å². The zero-order valence-electron chi connectivity index (χ0n) is 15.0. The lowest BCUT2D eigenvalue weighted by Crippen LogP contribution is -2.25. The number of amides is 1. The first kappa shape index (κ1) is 18.5. The summed E-state index contributed by atoms with van der Waals surface area (Å²) in [6, 6.07) is 8.37. The number of carbonyl (C=O) groups excluding carboxylic acids is 1. The van der Waals surface area contributed by atoms with Crippen LogP contribution >= 0.6 is 11.8 Å². The summed E-state index contributed by atoms with van der Waals surface area (Å²) in [5.41, 5.74) is 2.25. The van der Waals surface area contributed by atoms with Gasteiger partial charge in [0.15, 0.2) is 0 Å². The van der Waals surface area contributed by atoms with Gasteiger partial charge in [0.1, 0.15) is 6.10 Å². The predicted octanol–water partition coefficient (Wildman–Crippen LogP) is 4.02. The van der Waals surface area contributed by atoms with Gasteiger partial charge in [0, 0.05) is 12.8 Å². The normalized spacial score (nSPS) is 26.7. The highest BCUT2D eigenvalue weighted by molar-refractivity contribution is 7.98. The topological polar surface area (TPSA) is 48.0 Å². The first-order valence-corrected chi connectivity index (χ1v) is 10.3. The lowest BCUT2D eigenvalue weighted by molar-refractivity contribution is 0.0556. The Morgan fingerprint density at radius 2 is 1.92 bits per heavy atom. The minimum absolute atomic E-state index is 0.186. The molecule has 1 atom stereocenters. The Kier molecular flexibility index (Phi) is 6.62. The zero-order chi connectivity index (χ0) is 17.6. The molecule has 138 valence electrons. The summed E-state index contributed by atoms with van der Waals surface area (Å²) in [6.07, 6.45) is 6.60. The Hall–Kier alpha value is -1.24. The van der Waals surface area contributed by atoms with E-state index >= 15 is 0 Å². The molecule has 25 heavy (non-hydrogen) atoms. The third-order valence-electron chi connectivity index (χ3n) is 5.00. The van der Waals surface area contributed by atoms with Crippen LogP contribution in [0.3, 0.4) is 0 Å². The van der Waals surface area contributed by atoms with E-state index in [-0.39, 0.29) is 12.2 Å². The first-order valence-electron chi connectivity index (χ1n) is 8.89. The summed E-state index contributed by atoms with van der Waals surface area (Å²) >= 11 is 1.74. The van der Waals surface area contributed by atoms with Gasteiger partial charge in [-0.05, 0) is 55.6 Å². The smallest absolute Gasteiger partial charge is 0.414 e. The second kappa shape index (κ2) is 8.92. The molecule has 1 saturated carbocycles. The molecule has 3 rings (SSSR count). The molecule has 0 bridgehead atoms. The molecule has 1 heterocycles. The van der Waals surface area contributed by atoms with Crippen molar-refractivity contribution in [2.45, 2.75) is 43.8 Å². The van der Waals surface area contributed by atoms with Crippen LogP contribution in [-0.2, 0) is 14.2 Å². The van der Waals surface area contributed by atoms with Gasteiger partial charge in [-0.15, -0.1) is 11.8 Å². The van der Waals surface area contributed by atoms with Crippen LogP contribution in [0, 0.1) is 0 Å². The van der Waals surface area contributed by atoms with Crippen LogP contribution in [0.4, 0.5) is 10.5 Å². The van der Waals surface area contributed by atoms with Crippen molar-refractivity contribution >= 4 is 23.5 Å². The lowest BCUT2D eigenvalue weighted by atomic mass is 9.82. The Bertz CT molecular complexity index is 557. The maximum Gasteiger partial charge on any atom is 0.414 e. The number of anilines is 1. The van der Waals surface area contributed by atoms with Crippen molar-refractivity contribution in [1.82, 2.24) is 0 Å². The van der Waals surface area contributed by atoms with Crippen molar-refractivity contribution in [2.75, 3.05) is 37.4 Å². The van der Waals surface area contributed by atoms with Crippen LogP contribution < -0.4 is 4.90 Å². The minimum atomic E-state index is -0.291. The van der Waals surface area contributed by atoms with Crippen molar-refractivity contribution < 1.29 is 19.0 Å². The molecule has 1 aromatic carbocycles. The standard InChI is InChI=1S/C19H27NO4S/c1-22-12-18-11-20(19(21)24-18)16-7-3-14(4-8-16)15-5-9-17(10-6-15)23-13-25-2/h3-4,7-8,15,17-18H,5-6,9-13H2,1-2H3/t15-,17-,18-/m1/s1. The molecule has 0 aromatic heterocycles. The maximum absolute atomic E-state index is 12.0. The van der Waals surface area contributed by atoms with Crippen LogP contribution in [0.15, 0.2) is 24.3 Å². The zero-order valence-corrected chi connectivity index (χ0v) is 15.8. The van der Waals surface area contributed by atoms with Gasteiger partial charge in [-0.2, -0.15) is 0 Å². The number of methoxy groups -OCH3 is 1. The molecule has 0 spiro atoms. The highest BCUT2D eigenvalue weighted by atomic mass is 32.2. The molecule has 2 aliphatic rings. The number of rotatable bonds is 7. The van der Waals surface area contributed by atoms with Crippen molar-refractivity contribution in [3.05, 3.63) is 29.8 Å². The van der Waals surface area contributed by atoms with Crippen molar-refractivity contribution in [1.29, 1.82) is 0 Å². The number of thioether (sulfide) groups is 1. The molecule has 1 amide bonds.